The number of ether oxygens (including phenoxy) is 2. The fraction of sp³-hybridized carbons (Fsp3) is 0.611. The monoisotopic (exact) mass is 635 g/mol. The molecule has 0 spiro atoms. The molecule has 0 unspecified atom stereocenters. The number of azide groups is 1. The molecule has 0 amide bonds. The SMILES string of the molecule is CS(=O)(=O)OCCCCCCOc1ccc(Cc2ccc(OC(CCCCCN=[N+]=[N-])=C3C4CC5CC(C4)CC3C5)cc2)cc1. The van der Waals surface area contributed by atoms with Gasteiger partial charge < -0.3 is 9.47 Å². The smallest absolute Gasteiger partial charge is 0.264 e. The predicted octanol–water partition coefficient (Wildman–Crippen LogP) is 9.15. The van der Waals surface area contributed by atoms with Crippen LogP contribution in [0.15, 0.2) is 65.0 Å². The number of hydrogen-bond donors (Lipinski definition) is 0. The van der Waals surface area contributed by atoms with Crippen molar-refractivity contribution in [1.29, 1.82) is 0 Å². The molecule has 0 saturated heterocycles. The van der Waals surface area contributed by atoms with Gasteiger partial charge in [0.05, 0.1) is 19.5 Å². The van der Waals surface area contributed by atoms with Gasteiger partial charge in [0.1, 0.15) is 17.3 Å². The largest absolute Gasteiger partial charge is 0.494 e. The van der Waals surface area contributed by atoms with Gasteiger partial charge >= 0.3 is 0 Å². The highest BCUT2D eigenvalue weighted by molar-refractivity contribution is 7.85. The molecule has 2 aromatic rings. The first-order chi connectivity index (χ1) is 21.9. The summed E-state index contributed by atoms with van der Waals surface area (Å²) < 4.78 is 39.4. The van der Waals surface area contributed by atoms with Crippen molar-refractivity contribution in [3.05, 3.63) is 81.4 Å². The Balaban J connectivity index is 1.10. The van der Waals surface area contributed by atoms with E-state index in [0.717, 1.165) is 87.4 Å². The molecular weight excluding hydrogens is 586 g/mol. The van der Waals surface area contributed by atoms with Crippen LogP contribution >= 0.6 is 0 Å². The third-order valence-corrected chi connectivity index (χ3v) is 10.3. The topological polar surface area (TPSA) is 111 Å². The Kier molecular flexibility index (Phi) is 12.3. The van der Waals surface area contributed by atoms with Gasteiger partial charge in [0.25, 0.3) is 10.1 Å². The van der Waals surface area contributed by atoms with Crippen LogP contribution in [-0.4, -0.2) is 34.4 Å². The van der Waals surface area contributed by atoms with Crippen molar-refractivity contribution in [3.8, 4) is 11.5 Å². The zero-order valence-electron chi connectivity index (χ0n) is 26.7. The minimum Gasteiger partial charge on any atom is -0.494 e. The van der Waals surface area contributed by atoms with Crippen LogP contribution in [0.1, 0.15) is 94.6 Å². The van der Waals surface area contributed by atoms with Crippen molar-refractivity contribution < 1.29 is 22.1 Å². The molecule has 244 valence electrons. The van der Waals surface area contributed by atoms with Crippen LogP contribution in [0.4, 0.5) is 0 Å². The van der Waals surface area contributed by atoms with Gasteiger partial charge in [0, 0.05) is 17.9 Å². The van der Waals surface area contributed by atoms with Gasteiger partial charge in [-0.1, -0.05) is 42.2 Å². The Hall–Kier alpha value is -3.00. The second kappa shape index (κ2) is 16.5. The Morgan fingerprint density at radius 2 is 1.36 bits per heavy atom. The summed E-state index contributed by atoms with van der Waals surface area (Å²) in [6.07, 6.45) is 16.3. The van der Waals surface area contributed by atoms with Gasteiger partial charge in [-0.25, -0.2) is 0 Å². The summed E-state index contributed by atoms with van der Waals surface area (Å²) in [4.78, 5) is 2.88. The Morgan fingerprint density at radius 3 is 1.96 bits per heavy atom. The van der Waals surface area contributed by atoms with Gasteiger partial charge in [0.2, 0.25) is 0 Å². The van der Waals surface area contributed by atoms with Crippen molar-refractivity contribution in [2.45, 2.75) is 89.9 Å². The molecule has 9 heteroatoms. The molecule has 8 nitrogen and oxygen atoms in total. The van der Waals surface area contributed by atoms with Crippen molar-refractivity contribution in [2.24, 2.45) is 28.8 Å². The molecule has 2 aromatic carbocycles. The van der Waals surface area contributed by atoms with Crippen LogP contribution < -0.4 is 9.47 Å². The highest BCUT2D eigenvalue weighted by Gasteiger charge is 2.46. The summed E-state index contributed by atoms with van der Waals surface area (Å²) in [7, 11) is -3.34. The number of rotatable bonds is 19. The maximum Gasteiger partial charge on any atom is 0.264 e. The molecule has 45 heavy (non-hydrogen) atoms. The van der Waals surface area contributed by atoms with Crippen LogP contribution in [0, 0.1) is 23.7 Å². The fourth-order valence-corrected chi connectivity index (χ4v) is 8.23. The quantitative estimate of drug-likeness (QED) is 0.0382. The first-order valence-electron chi connectivity index (χ1n) is 16.9. The van der Waals surface area contributed by atoms with E-state index in [1.165, 1.54) is 49.0 Å². The third kappa shape index (κ3) is 10.5. The summed E-state index contributed by atoms with van der Waals surface area (Å²) in [5, 5.41) is 3.69. The van der Waals surface area contributed by atoms with Crippen molar-refractivity contribution >= 4 is 10.1 Å². The summed E-state index contributed by atoms with van der Waals surface area (Å²) in [6, 6.07) is 16.9. The summed E-state index contributed by atoms with van der Waals surface area (Å²) in [5.41, 5.74) is 12.7. The van der Waals surface area contributed by atoms with Gasteiger partial charge in [-0.15, -0.1) is 0 Å². The lowest BCUT2D eigenvalue weighted by Crippen LogP contribution is -2.41. The number of unbranched alkanes of at least 4 members (excludes halogenated alkanes) is 5. The Bertz CT molecular complexity index is 1390. The van der Waals surface area contributed by atoms with Crippen molar-refractivity contribution in [3.63, 3.8) is 0 Å². The van der Waals surface area contributed by atoms with Crippen molar-refractivity contribution in [1.82, 2.24) is 0 Å². The zero-order chi connectivity index (χ0) is 31.5. The molecule has 4 bridgehead atoms. The first kappa shape index (κ1) is 33.4. The van der Waals surface area contributed by atoms with E-state index >= 15 is 0 Å². The second-order valence-electron chi connectivity index (χ2n) is 13.3. The third-order valence-electron chi connectivity index (χ3n) is 9.67. The van der Waals surface area contributed by atoms with E-state index in [-0.39, 0.29) is 6.61 Å². The molecule has 4 aliphatic carbocycles. The van der Waals surface area contributed by atoms with Crippen LogP contribution in [0.5, 0.6) is 11.5 Å². The van der Waals surface area contributed by atoms with E-state index < -0.39 is 10.1 Å². The molecule has 0 atom stereocenters. The minimum absolute atomic E-state index is 0.250. The van der Waals surface area contributed by atoms with E-state index in [0.29, 0.717) is 25.0 Å². The highest BCUT2D eigenvalue weighted by atomic mass is 32.2. The van der Waals surface area contributed by atoms with Gasteiger partial charge in [0.15, 0.2) is 0 Å². The standard InChI is InChI=1S/C36H49N3O5S/c1-45(40,41)43-20-8-3-2-7-19-42-33-14-10-27(11-15-33)21-28-12-16-34(17-13-28)44-35(9-5-4-6-18-38-39-37)36-31-23-29-22-30(25-31)26-32(36)24-29/h10-17,29-32H,2-9,18-26H2,1H3. The minimum atomic E-state index is -3.34. The lowest BCUT2D eigenvalue weighted by molar-refractivity contribution is 0.0640. The van der Waals surface area contributed by atoms with Crippen LogP contribution in [0.3, 0.4) is 0 Å². The lowest BCUT2D eigenvalue weighted by atomic mass is 9.54. The fourth-order valence-electron chi connectivity index (χ4n) is 7.81. The zero-order valence-corrected chi connectivity index (χ0v) is 27.6. The van der Waals surface area contributed by atoms with Crippen LogP contribution in [0.2, 0.25) is 0 Å². The van der Waals surface area contributed by atoms with E-state index in [9.17, 15) is 8.42 Å². The first-order valence-corrected chi connectivity index (χ1v) is 18.7. The molecule has 0 radical (unpaired) electrons. The molecule has 0 aromatic heterocycles. The van der Waals surface area contributed by atoms with Crippen molar-refractivity contribution in [2.75, 3.05) is 26.0 Å². The average molecular weight is 636 g/mol. The average Bonchev–Trinajstić information content (AvgIpc) is 3.00. The van der Waals surface area contributed by atoms with E-state index in [4.69, 9.17) is 19.2 Å². The number of nitrogens with zero attached hydrogens (tertiary/aromatic N) is 3. The maximum absolute atomic E-state index is 11.0. The van der Waals surface area contributed by atoms with Crippen LogP contribution in [-0.2, 0) is 20.7 Å². The Morgan fingerprint density at radius 1 is 0.778 bits per heavy atom. The summed E-state index contributed by atoms with van der Waals surface area (Å²) in [5.74, 6) is 6.28. The molecular formula is C36H49N3O5S. The second-order valence-corrected chi connectivity index (χ2v) is 14.9. The normalized spacial score (nSPS) is 21.8. The number of benzene rings is 2. The molecule has 0 heterocycles. The highest BCUT2D eigenvalue weighted by Crippen LogP contribution is 2.57. The van der Waals surface area contributed by atoms with E-state index in [1.807, 2.05) is 12.1 Å². The molecule has 6 rings (SSSR count). The van der Waals surface area contributed by atoms with Gasteiger partial charge in [-0.05, 0) is 141 Å². The number of allylic oxidation sites excluding steroid dienone is 2. The summed E-state index contributed by atoms with van der Waals surface area (Å²) in [6.45, 7) is 1.47. The molecule has 4 fully saturated rings. The molecule has 0 N–H and O–H groups in total. The van der Waals surface area contributed by atoms with E-state index in [2.05, 4.69) is 46.4 Å². The van der Waals surface area contributed by atoms with Gasteiger partial charge in [-0.3, -0.25) is 4.18 Å². The number of hydrogen-bond acceptors (Lipinski definition) is 6. The molecule has 4 saturated carbocycles. The Labute approximate surface area is 269 Å². The predicted molar refractivity (Wildman–Crippen MR) is 178 cm³/mol. The van der Waals surface area contributed by atoms with E-state index in [1.54, 1.807) is 5.57 Å². The summed E-state index contributed by atoms with van der Waals surface area (Å²) >= 11 is 0. The van der Waals surface area contributed by atoms with Gasteiger partial charge in [-0.2, -0.15) is 8.42 Å². The maximum atomic E-state index is 11.0. The van der Waals surface area contributed by atoms with Crippen LogP contribution in [0.25, 0.3) is 10.4 Å². The lowest BCUT2D eigenvalue weighted by Gasteiger charge is -2.51. The molecule has 0 aliphatic heterocycles. The molecule has 4 aliphatic rings.